The maximum atomic E-state index is 11.9. The van der Waals surface area contributed by atoms with Crippen LogP contribution in [0.1, 0.15) is 6.23 Å². The Hall–Kier alpha value is -1.25. The van der Waals surface area contributed by atoms with Gasteiger partial charge in [0.05, 0.1) is 6.61 Å². The number of aromatic nitrogens is 2. The molecule has 116 valence electrons. The standard InChI is InChI=1S/C11H16N3O6P/c1-17-9-8-6(5-18-21(2,16)20-8)19-10(9)14-4-3-7(12)13-11(14)15/h3-4,6,8-10H,5H2,1-2H3,(H2,12,13,15)/t6-,8-,9-,10-,21?/m1/s1. The summed E-state index contributed by atoms with van der Waals surface area (Å²) in [5.41, 5.74) is 4.91. The number of ether oxygens (including phenoxy) is 2. The van der Waals surface area contributed by atoms with Crippen LogP contribution in [0.25, 0.3) is 0 Å². The van der Waals surface area contributed by atoms with E-state index < -0.39 is 37.8 Å². The van der Waals surface area contributed by atoms with Crippen molar-refractivity contribution in [1.29, 1.82) is 0 Å². The molecule has 0 radical (unpaired) electrons. The third-order valence-corrected chi connectivity index (χ3v) is 4.71. The molecule has 1 aromatic heterocycles. The summed E-state index contributed by atoms with van der Waals surface area (Å²) in [5, 5.41) is 0. The van der Waals surface area contributed by atoms with E-state index in [1.807, 2.05) is 0 Å². The molecule has 9 nitrogen and oxygen atoms in total. The summed E-state index contributed by atoms with van der Waals surface area (Å²) in [6.07, 6.45) is -0.909. The quantitative estimate of drug-likeness (QED) is 0.757. The van der Waals surface area contributed by atoms with E-state index in [0.29, 0.717) is 0 Å². The lowest BCUT2D eigenvalue weighted by atomic mass is 10.1. The minimum Gasteiger partial charge on any atom is -0.383 e. The van der Waals surface area contributed by atoms with Crippen LogP contribution in [0.2, 0.25) is 0 Å². The lowest BCUT2D eigenvalue weighted by Gasteiger charge is -2.30. The molecule has 1 aromatic rings. The van der Waals surface area contributed by atoms with Crippen molar-refractivity contribution >= 4 is 13.4 Å². The molecule has 3 rings (SSSR count). The van der Waals surface area contributed by atoms with Crippen molar-refractivity contribution in [2.75, 3.05) is 26.1 Å². The minimum absolute atomic E-state index is 0.117. The number of nitrogens with two attached hydrogens (primary N) is 1. The first-order chi connectivity index (χ1) is 9.91. The highest BCUT2D eigenvalue weighted by Gasteiger charge is 2.52. The van der Waals surface area contributed by atoms with Gasteiger partial charge in [0.15, 0.2) is 6.23 Å². The Balaban J connectivity index is 1.94. The molecule has 0 aliphatic carbocycles. The fraction of sp³-hybridized carbons (Fsp3) is 0.636. The summed E-state index contributed by atoms with van der Waals surface area (Å²) < 4.78 is 34.9. The van der Waals surface area contributed by atoms with Gasteiger partial charge in [0, 0.05) is 20.0 Å². The van der Waals surface area contributed by atoms with Crippen LogP contribution >= 0.6 is 7.60 Å². The Morgan fingerprint density at radius 2 is 2.33 bits per heavy atom. The molecule has 5 atom stereocenters. The number of hydrogen-bond donors (Lipinski definition) is 1. The summed E-state index contributed by atoms with van der Waals surface area (Å²) in [6, 6.07) is 1.49. The van der Waals surface area contributed by atoms with E-state index in [4.69, 9.17) is 24.3 Å². The number of methoxy groups -OCH3 is 1. The predicted octanol–water partition coefficient (Wildman–Crippen LogP) is -0.0238. The molecule has 1 unspecified atom stereocenters. The van der Waals surface area contributed by atoms with Gasteiger partial charge in [0.2, 0.25) is 0 Å². The fourth-order valence-corrected chi connectivity index (χ4v) is 3.70. The summed E-state index contributed by atoms with van der Waals surface area (Å²) in [6.45, 7) is 1.51. The summed E-state index contributed by atoms with van der Waals surface area (Å²) >= 11 is 0. The molecule has 0 spiro atoms. The molecule has 0 aromatic carbocycles. The Bertz CT molecular complexity index is 649. The summed E-state index contributed by atoms with van der Waals surface area (Å²) in [5.74, 6) is 0.123. The average molecular weight is 317 g/mol. The van der Waals surface area contributed by atoms with Crippen molar-refractivity contribution in [2.24, 2.45) is 0 Å². The van der Waals surface area contributed by atoms with Crippen molar-refractivity contribution < 1.29 is 23.1 Å². The highest BCUT2D eigenvalue weighted by molar-refractivity contribution is 7.53. The molecule has 2 fully saturated rings. The van der Waals surface area contributed by atoms with Crippen LogP contribution in [0.4, 0.5) is 5.82 Å². The zero-order valence-corrected chi connectivity index (χ0v) is 12.4. The van der Waals surface area contributed by atoms with Crippen molar-refractivity contribution in [3.8, 4) is 0 Å². The second-order valence-corrected chi connectivity index (χ2v) is 6.96. The zero-order valence-electron chi connectivity index (χ0n) is 11.5. The minimum atomic E-state index is -3.13. The molecular formula is C11H16N3O6P. The predicted molar refractivity (Wildman–Crippen MR) is 72.0 cm³/mol. The SMILES string of the molecule is CO[C@@H]1[C@@H]2OP(C)(=O)OC[C@H]2O[C@H]1n1ccc(N)nc1=O. The molecule has 2 aliphatic rings. The maximum absolute atomic E-state index is 11.9. The molecule has 2 saturated heterocycles. The average Bonchev–Trinajstić information content (AvgIpc) is 2.74. The van der Waals surface area contributed by atoms with E-state index in [1.54, 1.807) is 0 Å². The second kappa shape index (κ2) is 5.19. The molecule has 0 amide bonds. The summed E-state index contributed by atoms with van der Waals surface area (Å²) in [4.78, 5) is 15.6. The van der Waals surface area contributed by atoms with Gasteiger partial charge >= 0.3 is 13.3 Å². The van der Waals surface area contributed by atoms with E-state index >= 15 is 0 Å². The number of hydrogen-bond acceptors (Lipinski definition) is 8. The molecular weight excluding hydrogens is 301 g/mol. The van der Waals surface area contributed by atoms with Crippen molar-refractivity contribution in [3.63, 3.8) is 0 Å². The van der Waals surface area contributed by atoms with Gasteiger partial charge < -0.3 is 19.7 Å². The van der Waals surface area contributed by atoms with Crippen LogP contribution in [0.3, 0.4) is 0 Å². The van der Waals surface area contributed by atoms with Crippen LogP contribution in [0, 0.1) is 0 Å². The third kappa shape index (κ3) is 2.63. The molecule has 2 aliphatic heterocycles. The van der Waals surface area contributed by atoms with E-state index in [1.165, 1.54) is 30.6 Å². The number of rotatable bonds is 2. The first kappa shape index (κ1) is 14.7. The largest absolute Gasteiger partial charge is 0.383 e. The van der Waals surface area contributed by atoms with Crippen molar-refractivity contribution in [3.05, 3.63) is 22.7 Å². The fourth-order valence-electron chi connectivity index (χ4n) is 2.52. The topological polar surface area (TPSA) is 115 Å². The zero-order chi connectivity index (χ0) is 15.2. The first-order valence-corrected chi connectivity index (χ1v) is 8.33. The number of nitrogen functional groups attached to an aromatic ring is 1. The number of fused-ring (bicyclic) bond motifs is 1. The monoisotopic (exact) mass is 317 g/mol. The van der Waals surface area contributed by atoms with Crippen molar-refractivity contribution in [1.82, 2.24) is 9.55 Å². The number of nitrogens with zero attached hydrogens (tertiary/aromatic N) is 2. The Morgan fingerprint density at radius 3 is 3.00 bits per heavy atom. The van der Waals surface area contributed by atoms with Crippen LogP contribution in [-0.2, 0) is 23.1 Å². The van der Waals surface area contributed by atoms with Gasteiger partial charge in [-0.3, -0.25) is 13.7 Å². The highest BCUT2D eigenvalue weighted by atomic mass is 31.2. The van der Waals surface area contributed by atoms with E-state index in [2.05, 4.69) is 4.98 Å². The van der Waals surface area contributed by atoms with Gasteiger partial charge in [-0.1, -0.05) is 0 Å². The Labute approximate surface area is 120 Å². The first-order valence-electron chi connectivity index (χ1n) is 6.34. The lowest BCUT2D eigenvalue weighted by Crippen LogP contribution is -2.41. The van der Waals surface area contributed by atoms with Gasteiger partial charge in [0.25, 0.3) is 0 Å². The molecule has 2 N–H and O–H groups in total. The van der Waals surface area contributed by atoms with Crippen LogP contribution in [0.5, 0.6) is 0 Å². The van der Waals surface area contributed by atoms with Gasteiger partial charge in [-0.2, -0.15) is 4.98 Å². The molecule has 3 heterocycles. The highest BCUT2D eigenvalue weighted by Crippen LogP contribution is 2.53. The molecule has 10 heteroatoms. The molecule has 0 bridgehead atoms. The molecule has 0 saturated carbocycles. The summed E-state index contributed by atoms with van der Waals surface area (Å²) in [7, 11) is -1.66. The van der Waals surface area contributed by atoms with E-state index in [9.17, 15) is 9.36 Å². The van der Waals surface area contributed by atoms with Gasteiger partial charge in [-0.05, 0) is 6.07 Å². The maximum Gasteiger partial charge on any atom is 0.351 e. The Morgan fingerprint density at radius 1 is 1.57 bits per heavy atom. The van der Waals surface area contributed by atoms with Gasteiger partial charge in [-0.15, -0.1) is 0 Å². The van der Waals surface area contributed by atoms with Crippen molar-refractivity contribution in [2.45, 2.75) is 24.5 Å². The number of anilines is 1. The van der Waals surface area contributed by atoms with E-state index in [0.717, 1.165) is 0 Å². The van der Waals surface area contributed by atoms with Crippen LogP contribution in [-0.4, -0.2) is 48.2 Å². The van der Waals surface area contributed by atoms with E-state index in [-0.39, 0.29) is 12.4 Å². The third-order valence-electron chi connectivity index (χ3n) is 3.47. The van der Waals surface area contributed by atoms with Crippen LogP contribution < -0.4 is 11.4 Å². The van der Waals surface area contributed by atoms with Gasteiger partial charge in [0.1, 0.15) is 24.1 Å². The van der Waals surface area contributed by atoms with Crippen LogP contribution in [0.15, 0.2) is 17.1 Å². The Kier molecular flexibility index (Phi) is 3.62. The smallest absolute Gasteiger partial charge is 0.351 e. The normalized spacial score (nSPS) is 39.1. The molecule has 21 heavy (non-hydrogen) atoms. The second-order valence-electron chi connectivity index (χ2n) is 4.94. The lowest BCUT2D eigenvalue weighted by molar-refractivity contribution is -0.0634. The van der Waals surface area contributed by atoms with Gasteiger partial charge in [-0.25, -0.2) is 4.79 Å².